The minimum absolute atomic E-state index is 0.725. The lowest BCUT2D eigenvalue weighted by atomic mass is 9.95. The Morgan fingerprint density at radius 1 is 1.22 bits per heavy atom. The van der Waals surface area contributed by atoms with Crippen LogP contribution < -0.4 is 15.4 Å². The van der Waals surface area contributed by atoms with Gasteiger partial charge in [-0.15, -0.1) is 0 Å². The molecule has 0 bridgehead atoms. The van der Waals surface area contributed by atoms with Crippen molar-refractivity contribution in [2.24, 2.45) is 5.92 Å². The van der Waals surface area contributed by atoms with Crippen LogP contribution in [0.25, 0.3) is 0 Å². The van der Waals surface area contributed by atoms with Crippen LogP contribution in [0, 0.1) is 5.92 Å². The summed E-state index contributed by atoms with van der Waals surface area (Å²) in [6.45, 7) is 6.17. The highest BCUT2D eigenvalue weighted by Gasteiger charge is 2.11. The molecule has 100 valence electrons. The van der Waals surface area contributed by atoms with Crippen molar-refractivity contribution in [1.29, 1.82) is 0 Å². The summed E-state index contributed by atoms with van der Waals surface area (Å²) >= 11 is 0. The maximum absolute atomic E-state index is 5.43. The molecule has 1 heterocycles. The average molecular weight is 248 g/mol. The number of rotatable bonds is 6. The molecule has 0 saturated carbocycles. The van der Waals surface area contributed by atoms with Crippen LogP contribution in [-0.4, -0.2) is 26.2 Å². The van der Waals surface area contributed by atoms with E-state index >= 15 is 0 Å². The molecule has 2 rings (SSSR count). The molecule has 3 heteroatoms. The van der Waals surface area contributed by atoms with Gasteiger partial charge in [0, 0.05) is 12.2 Å². The lowest BCUT2D eigenvalue weighted by Gasteiger charge is -2.22. The molecule has 0 amide bonds. The standard InChI is InChI=1S/C15H24N2O/c1-2-18-15-5-3-14(4-6-15)17-12-9-13-7-10-16-11-8-13/h3-6,13,16-17H,2,7-12H2,1H3. The van der Waals surface area contributed by atoms with Crippen LogP contribution in [0.3, 0.4) is 0 Å². The lowest BCUT2D eigenvalue weighted by molar-refractivity contribution is 0.340. The van der Waals surface area contributed by atoms with E-state index in [0.717, 1.165) is 24.8 Å². The highest BCUT2D eigenvalue weighted by Crippen LogP contribution is 2.18. The van der Waals surface area contributed by atoms with Crippen LogP contribution in [0.1, 0.15) is 26.2 Å². The number of piperidine rings is 1. The molecule has 1 aromatic rings. The molecule has 0 aliphatic carbocycles. The highest BCUT2D eigenvalue weighted by molar-refractivity contribution is 5.46. The second-order valence-electron chi connectivity index (χ2n) is 4.87. The van der Waals surface area contributed by atoms with E-state index in [-0.39, 0.29) is 0 Å². The molecule has 0 unspecified atom stereocenters. The predicted molar refractivity (Wildman–Crippen MR) is 76.3 cm³/mol. The van der Waals surface area contributed by atoms with Crippen LogP contribution >= 0.6 is 0 Å². The summed E-state index contributed by atoms with van der Waals surface area (Å²) in [5.74, 6) is 1.84. The molecule has 0 radical (unpaired) electrons. The van der Waals surface area contributed by atoms with E-state index in [9.17, 15) is 0 Å². The second kappa shape index (κ2) is 7.27. The first-order chi connectivity index (χ1) is 8.88. The molecule has 0 spiro atoms. The Bertz CT molecular complexity index is 331. The molecular weight excluding hydrogens is 224 g/mol. The Hall–Kier alpha value is -1.22. The molecule has 18 heavy (non-hydrogen) atoms. The largest absolute Gasteiger partial charge is 0.494 e. The summed E-state index contributed by atoms with van der Waals surface area (Å²) in [7, 11) is 0. The zero-order chi connectivity index (χ0) is 12.6. The molecule has 1 saturated heterocycles. The number of hydrogen-bond donors (Lipinski definition) is 2. The van der Waals surface area contributed by atoms with Gasteiger partial charge in [0.05, 0.1) is 6.61 Å². The van der Waals surface area contributed by atoms with Crippen LogP contribution in [0.15, 0.2) is 24.3 Å². The fourth-order valence-corrected chi connectivity index (χ4v) is 2.43. The van der Waals surface area contributed by atoms with E-state index < -0.39 is 0 Å². The fraction of sp³-hybridized carbons (Fsp3) is 0.600. The van der Waals surface area contributed by atoms with Gasteiger partial charge in [-0.05, 0) is 69.5 Å². The van der Waals surface area contributed by atoms with Crippen molar-refractivity contribution in [1.82, 2.24) is 5.32 Å². The maximum atomic E-state index is 5.43. The summed E-state index contributed by atoms with van der Waals surface area (Å²) in [6.07, 6.45) is 3.92. The molecule has 1 aliphatic rings. The maximum Gasteiger partial charge on any atom is 0.119 e. The van der Waals surface area contributed by atoms with Gasteiger partial charge < -0.3 is 15.4 Å². The number of anilines is 1. The molecule has 3 nitrogen and oxygen atoms in total. The minimum atomic E-state index is 0.725. The Balaban J connectivity index is 1.69. The Morgan fingerprint density at radius 2 is 1.94 bits per heavy atom. The van der Waals surface area contributed by atoms with E-state index in [1.807, 2.05) is 19.1 Å². The number of nitrogens with one attached hydrogen (secondary N) is 2. The van der Waals surface area contributed by atoms with Crippen molar-refractivity contribution in [2.45, 2.75) is 26.2 Å². The third-order valence-electron chi connectivity index (χ3n) is 3.51. The van der Waals surface area contributed by atoms with Crippen molar-refractivity contribution in [3.8, 4) is 5.75 Å². The predicted octanol–water partition coefficient (Wildman–Crippen LogP) is 2.89. The van der Waals surface area contributed by atoms with Gasteiger partial charge in [-0.25, -0.2) is 0 Å². The molecule has 0 atom stereocenters. The van der Waals surface area contributed by atoms with E-state index in [0.29, 0.717) is 0 Å². The summed E-state index contributed by atoms with van der Waals surface area (Å²) in [4.78, 5) is 0. The van der Waals surface area contributed by atoms with Crippen LogP contribution in [0.2, 0.25) is 0 Å². The van der Waals surface area contributed by atoms with E-state index in [1.165, 1.54) is 38.0 Å². The van der Waals surface area contributed by atoms with Gasteiger partial charge in [-0.2, -0.15) is 0 Å². The van der Waals surface area contributed by atoms with Crippen molar-refractivity contribution >= 4 is 5.69 Å². The van der Waals surface area contributed by atoms with Gasteiger partial charge >= 0.3 is 0 Å². The first kappa shape index (κ1) is 13.2. The smallest absolute Gasteiger partial charge is 0.119 e. The molecule has 2 N–H and O–H groups in total. The second-order valence-corrected chi connectivity index (χ2v) is 4.87. The third kappa shape index (κ3) is 4.22. The van der Waals surface area contributed by atoms with Gasteiger partial charge in [0.15, 0.2) is 0 Å². The third-order valence-corrected chi connectivity index (χ3v) is 3.51. The van der Waals surface area contributed by atoms with Crippen LogP contribution in [0.4, 0.5) is 5.69 Å². The number of benzene rings is 1. The van der Waals surface area contributed by atoms with Crippen LogP contribution in [0.5, 0.6) is 5.75 Å². The van der Waals surface area contributed by atoms with Crippen molar-refractivity contribution in [3.05, 3.63) is 24.3 Å². The normalized spacial score (nSPS) is 16.5. The van der Waals surface area contributed by atoms with Crippen molar-refractivity contribution < 1.29 is 4.74 Å². The molecule has 0 aromatic heterocycles. The summed E-state index contributed by atoms with van der Waals surface area (Å²) in [5, 5.41) is 6.89. The zero-order valence-electron chi connectivity index (χ0n) is 11.2. The molecular formula is C15H24N2O. The SMILES string of the molecule is CCOc1ccc(NCCC2CCNCC2)cc1. The van der Waals surface area contributed by atoms with Crippen LogP contribution in [-0.2, 0) is 0 Å². The Morgan fingerprint density at radius 3 is 2.61 bits per heavy atom. The minimum Gasteiger partial charge on any atom is -0.494 e. The summed E-state index contributed by atoms with van der Waals surface area (Å²) < 4.78 is 5.43. The Kier molecular flexibility index (Phi) is 5.34. The lowest BCUT2D eigenvalue weighted by Crippen LogP contribution is -2.28. The van der Waals surface area contributed by atoms with Gasteiger partial charge in [0.25, 0.3) is 0 Å². The summed E-state index contributed by atoms with van der Waals surface area (Å²) in [6, 6.07) is 8.23. The van der Waals surface area contributed by atoms with Crippen molar-refractivity contribution in [3.63, 3.8) is 0 Å². The van der Waals surface area contributed by atoms with Gasteiger partial charge in [-0.1, -0.05) is 0 Å². The highest BCUT2D eigenvalue weighted by atomic mass is 16.5. The topological polar surface area (TPSA) is 33.3 Å². The molecule has 1 fully saturated rings. The Labute approximate surface area is 110 Å². The first-order valence-electron chi connectivity index (χ1n) is 7.06. The zero-order valence-corrected chi connectivity index (χ0v) is 11.2. The van der Waals surface area contributed by atoms with E-state index in [2.05, 4.69) is 22.8 Å². The van der Waals surface area contributed by atoms with Gasteiger partial charge in [-0.3, -0.25) is 0 Å². The quantitative estimate of drug-likeness (QED) is 0.812. The van der Waals surface area contributed by atoms with Gasteiger partial charge in [0.2, 0.25) is 0 Å². The summed E-state index contributed by atoms with van der Waals surface area (Å²) in [5.41, 5.74) is 1.19. The first-order valence-corrected chi connectivity index (χ1v) is 7.06. The molecule has 1 aromatic carbocycles. The molecule has 1 aliphatic heterocycles. The van der Waals surface area contributed by atoms with Gasteiger partial charge in [0.1, 0.15) is 5.75 Å². The monoisotopic (exact) mass is 248 g/mol. The average Bonchev–Trinajstić information content (AvgIpc) is 2.42. The van der Waals surface area contributed by atoms with E-state index in [4.69, 9.17) is 4.74 Å². The number of ether oxygens (including phenoxy) is 1. The fourth-order valence-electron chi connectivity index (χ4n) is 2.43. The van der Waals surface area contributed by atoms with Crippen molar-refractivity contribution in [2.75, 3.05) is 31.6 Å². The number of hydrogen-bond acceptors (Lipinski definition) is 3. The van der Waals surface area contributed by atoms with E-state index in [1.54, 1.807) is 0 Å².